The average Bonchev–Trinajstić information content (AvgIpc) is 2.90. The number of benzene rings is 1. The molecule has 2 aromatic rings. The molecule has 19 heavy (non-hydrogen) atoms. The summed E-state index contributed by atoms with van der Waals surface area (Å²) in [6.45, 7) is 0.116. The van der Waals surface area contributed by atoms with E-state index in [1.54, 1.807) is 6.20 Å². The summed E-state index contributed by atoms with van der Waals surface area (Å²) in [7, 11) is 0. The third kappa shape index (κ3) is 2.50. The van der Waals surface area contributed by atoms with Crippen LogP contribution in [0.2, 0.25) is 0 Å². The molecule has 3 rings (SSSR count). The van der Waals surface area contributed by atoms with Crippen LogP contribution >= 0.6 is 0 Å². The molecule has 1 atom stereocenters. The minimum absolute atomic E-state index is 0.0973. The van der Waals surface area contributed by atoms with Gasteiger partial charge in [0.25, 0.3) is 0 Å². The van der Waals surface area contributed by atoms with Crippen molar-refractivity contribution in [2.75, 3.05) is 6.61 Å². The van der Waals surface area contributed by atoms with Gasteiger partial charge in [0.05, 0.1) is 11.6 Å². The van der Waals surface area contributed by atoms with Crippen LogP contribution in [0.25, 0.3) is 0 Å². The first kappa shape index (κ1) is 11.9. The van der Waals surface area contributed by atoms with Crippen molar-refractivity contribution in [3.63, 3.8) is 0 Å². The zero-order chi connectivity index (χ0) is 13.1. The van der Waals surface area contributed by atoms with Gasteiger partial charge < -0.3 is 4.74 Å². The van der Waals surface area contributed by atoms with Crippen molar-refractivity contribution in [1.82, 2.24) is 4.98 Å². The maximum absolute atomic E-state index is 12.2. The summed E-state index contributed by atoms with van der Waals surface area (Å²) in [6.07, 6.45) is 3.54. The van der Waals surface area contributed by atoms with E-state index in [2.05, 4.69) is 4.98 Å². The average molecular weight is 253 g/mol. The zero-order valence-electron chi connectivity index (χ0n) is 10.6. The second-order valence-corrected chi connectivity index (χ2v) is 4.71. The van der Waals surface area contributed by atoms with E-state index >= 15 is 0 Å². The van der Waals surface area contributed by atoms with Crippen molar-refractivity contribution >= 4 is 5.78 Å². The summed E-state index contributed by atoms with van der Waals surface area (Å²) in [5.74, 6) is 0.747. The lowest BCUT2D eigenvalue weighted by molar-refractivity contribution is -0.122. The minimum Gasteiger partial charge on any atom is -0.486 e. The van der Waals surface area contributed by atoms with Crippen molar-refractivity contribution in [3.8, 4) is 5.75 Å². The van der Waals surface area contributed by atoms with Crippen LogP contribution in [0.1, 0.15) is 23.6 Å². The van der Waals surface area contributed by atoms with Crippen LogP contribution in [0.4, 0.5) is 0 Å². The van der Waals surface area contributed by atoms with E-state index in [1.807, 2.05) is 42.5 Å². The number of hydrogen-bond acceptors (Lipinski definition) is 3. The van der Waals surface area contributed by atoms with Crippen molar-refractivity contribution in [2.45, 2.75) is 18.8 Å². The van der Waals surface area contributed by atoms with E-state index in [0.717, 1.165) is 24.3 Å². The normalized spacial score (nSPS) is 16.9. The Balaban J connectivity index is 1.66. The van der Waals surface area contributed by atoms with Crippen LogP contribution in [0.5, 0.6) is 5.75 Å². The van der Waals surface area contributed by atoms with Gasteiger partial charge >= 0.3 is 0 Å². The lowest BCUT2D eigenvalue weighted by Gasteiger charge is -2.10. The van der Waals surface area contributed by atoms with Gasteiger partial charge in [-0.3, -0.25) is 9.78 Å². The fourth-order valence-corrected chi connectivity index (χ4v) is 2.50. The Bertz CT molecular complexity index is 580. The number of hydrogen-bond donors (Lipinski definition) is 0. The fraction of sp³-hybridized carbons (Fsp3) is 0.250. The summed E-state index contributed by atoms with van der Waals surface area (Å²) in [5, 5.41) is 0. The van der Waals surface area contributed by atoms with Crippen molar-refractivity contribution in [1.29, 1.82) is 0 Å². The van der Waals surface area contributed by atoms with Gasteiger partial charge in [-0.15, -0.1) is 0 Å². The van der Waals surface area contributed by atoms with Crippen LogP contribution in [-0.4, -0.2) is 17.4 Å². The molecule has 3 nitrogen and oxygen atoms in total. The molecule has 0 bridgehead atoms. The Morgan fingerprint density at radius 2 is 2.05 bits per heavy atom. The highest BCUT2D eigenvalue weighted by Gasteiger charge is 2.29. The molecule has 0 saturated carbocycles. The first-order chi connectivity index (χ1) is 9.34. The molecule has 1 aromatic heterocycles. The van der Waals surface area contributed by atoms with Crippen LogP contribution in [0, 0.1) is 0 Å². The Morgan fingerprint density at radius 3 is 2.89 bits per heavy atom. The Labute approximate surface area is 112 Å². The highest BCUT2D eigenvalue weighted by molar-refractivity contribution is 5.87. The molecule has 0 amide bonds. The summed E-state index contributed by atoms with van der Waals surface area (Å²) in [5.41, 5.74) is 2.13. The predicted octanol–water partition coefficient (Wildman–Crippen LogP) is 2.76. The van der Waals surface area contributed by atoms with Crippen LogP contribution < -0.4 is 4.74 Å². The number of Topliss-reactive ketones (excluding diaryl/α,β-unsaturated/α-hetero) is 1. The van der Waals surface area contributed by atoms with Crippen LogP contribution in [-0.2, 0) is 11.2 Å². The number of nitrogens with zero attached hydrogens (tertiary/aromatic N) is 1. The molecular formula is C16H15NO2. The predicted molar refractivity (Wildman–Crippen MR) is 72.2 cm³/mol. The lowest BCUT2D eigenvalue weighted by atomic mass is 10.0. The summed E-state index contributed by atoms with van der Waals surface area (Å²) in [4.78, 5) is 16.6. The van der Waals surface area contributed by atoms with E-state index in [9.17, 15) is 4.79 Å². The fourth-order valence-electron chi connectivity index (χ4n) is 2.50. The van der Waals surface area contributed by atoms with Crippen molar-refractivity contribution in [3.05, 3.63) is 59.9 Å². The summed E-state index contributed by atoms with van der Waals surface area (Å²) >= 11 is 0. The largest absolute Gasteiger partial charge is 0.486 e. The first-order valence-electron chi connectivity index (χ1n) is 6.49. The molecule has 0 fully saturated rings. The number of rotatable bonds is 4. The van der Waals surface area contributed by atoms with E-state index in [1.165, 1.54) is 5.56 Å². The minimum atomic E-state index is -0.0973. The van der Waals surface area contributed by atoms with Gasteiger partial charge in [-0.25, -0.2) is 0 Å². The van der Waals surface area contributed by atoms with Crippen LogP contribution in [0.15, 0.2) is 48.7 Å². The third-order valence-corrected chi connectivity index (χ3v) is 3.47. The molecule has 1 heterocycles. The quantitative estimate of drug-likeness (QED) is 0.841. The number of ether oxygens (including phenoxy) is 1. The lowest BCUT2D eigenvalue weighted by Crippen LogP contribution is -2.19. The first-order valence-corrected chi connectivity index (χ1v) is 6.49. The molecule has 1 aliphatic carbocycles. The SMILES string of the molecule is O=C(COc1ccccc1)C1CCc2cccnc21. The highest BCUT2D eigenvalue weighted by Crippen LogP contribution is 2.31. The highest BCUT2D eigenvalue weighted by atomic mass is 16.5. The Kier molecular flexibility index (Phi) is 3.27. The van der Waals surface area contributed by atoms with Gasteiger partial charge in [0.2, 0.25) is 0 Å². The number of pyridine rings is 1. The van der Waals surface area contributed by atoms with Gasteiger partial charge in [-0.05, 0) is 36.6 Å². The van der Waals surface area contributed by atoms with Crippen molar-refractivity contribution < 1.29 is 9.53 Å². The van der Waals surface area contributed by atoms with E-state index in [4.69, 9.17) is 4.74 Å². The number of fused-ring (bicyclic) bond motifs is 1. The second-order valence-electron chi connectivity index (χ2n) is 4.71. The maximum Gasteiger partial charge on any atom is 0.179 e. The Morgan fingerprint density at radius 1 is 1.21 bits per heavy atom. The van der Waals surface area contributed by atoms with Crippen molar-refractivity contribution in [2.24, 2.45) is 0 Å². The molecule has 96 valence electrons. The number of carbonyl (C=O) groups excluding carboxylic acids is 1. The third-order valence-electron chi connectivity index (χ3n) is 3.47. The zero-order valence-corrected chi connectivity index (χ0v) is 10.6. The van der Waals surface area contributed by atoms with E-state index in [0.29, 0.717) is 0 Å². The van der Waals surface area contributed by atoms with Gasteiger partial charge in [0.15, 0.2) is 5.78 Å². The summed E-state index contributed by atoms with van der Waals surface area (Å²) in [6, 6.07) is 13.4. The van der Waals surface area contributed by atoms with Crippen LogP contribution in [0.3, 0.4) is 0 Å². The van der Waals surface area contributed by atoms with E-state index < -0.39 is 0 Å². The molecule has 1 unspecified atom stereocenters. The topological polar surface area (TPSA) is 39.2 Å². The smallest absolute Gasteiger partial charge is 0.179 e. The summed E-state index contributed by atoms with van der Waals surface area (Å²) < 4.78 is 5.52. The molecule has 0 radical (unpaired) electrons. The number of para-hydroxylation sites is 1. The standard InChI is InChI=1S/C16H15NO2/c18-15(11-19-13-6-2-1-3-7-13)14-9-8-12-5-4-10-17-16(12)14/h1-7,10,14H,8-9,11H2. The molecule has 0 spiro atoms. The second kappa shape index (κ2) is 5.22. The number of carbonyl (C=O) groups is 1. The monoisotopic (exact) mass is 253 g/mol. The molecule has 1 aliphatic rings. The van der Waals surface area contributed by atoms with Gasteiger partial charge in [-0.1, -0.05) is 24.3 Å². The Hall–Kier alpha value is -2.16. The maximum atomic E-state index is 12.2. The van der Waals surface area contributed by atoms with Gasteiger partial charge in [-0.2, -0.15) is 0 Å². The molecule has 0 saturated heterocycles. The molecule has 3 heteroatoms. The molecule has 1 aromatic carbocycles. The molecule has 0 N–H and O–H groups in total. The number of aromatic nitrogens is 1. The number of ketones is 1. The van der Waals surface area contributed by atoms with E-state index in [-0.39, 0.29) is 18.3 Å². The van der Waals surface area contributed by atoms with Gasteiger partial charge in [0, 0.05) is 6.20 Å². The molecular weight excluding hydrogens is 238 g/mol. The van der Waals surface area contributed by atoms with Gasteiger partial charge in [0.1, 0.15) is 12.4 Å². The molecule has 0 aliphatic heterocycles. The number of aryl methyl sites for hydroxylation is 1.